The van der Waals surface area contributed by atoms with E-state index in [2.05, 4.69) is 5.32 Å². The second-order valence-electron chi connectivity index (χ2n) is 4.26. The molecule has 0 bridgehead atoms. The summed E-state index contributed by atoms with van der Waals surface area (Å²) in [4.78, 5) is 0. The van der Waals surface area contributed by atoms with Gasteiger partial charge in [-0.3, -0.25) is 0 Å². The molecule has 6 heteroatoms. The van der Waals surface area contributed by atoms with E-state index < -0.39 is 12.5 Å². The fourth-order valence-electron chi connectivity index (χ4n) is 1.88. The number of aliphatic hydroxyl groups excluding tert-OH is 1. The molecule has 3 nitrogen and oxygen atoms in total. The monoisotopic (exact) mass is 277 g/mol. The number of nitrogens with one attached hydrogen (secondary N) is 1. The zero-order chi connectivity index (χ0) is 13.1. The van der Waals surface area contributed by atoms with Crippen molar-refractivity contribution in [1.29, 1.82) is 0 Å². The third-order valence-corrected chi connectivity index (χ3v) is 3.02. The fourth-order valence-corrected chi connectivity index (χ4v) is 2.08. The van der Waals surface area contributed by atoms with Gasteiger partial charge >= 0.3 is 0 Å². The van der Waals surface area contributed by atoms with Gasteiger partial charge < -0.3 is 15.2 Å². The lowest BCUT2D eigenvalue weighted by molar-refractivity contribution is -0.00410. The molecule has 18 heavy (non-hydrogen) atoms. The number of ether oxygens (including phenoxy) is 1. The van der Waals surface area contributed by atoms with E-state index in [1.807, 2.05) is 6.07 Å². The molecule has 0 amide bonds. The number of fused-ring (bicyclic) bond motifs is 1. The lowest BCUT2D eigenvalue weighted by Crippen LogP contribution is -2.37. The summed E-state index contributed by atoms with van der Waals surface area (Å²) in [6.07, 6.45) is -3.78. The molecule has 0 saturated heterocycles. The van der Waals surface area contributed by atoms with Crippen LogP contribution in [0.15, 0.2) is 18.2 Å². The van der Waals surface area contributed by atoms with Crippen LogP contribution in [-0.2, 0) is 6.42 Å². The Morgan fingerprint density at radius 3 is 3.00 bits per heavy atom. The normalized spacial score (nSPS) is 19.7. The molecule has 100 valence electrons. The van der Waals surface area contributed by atoms with Crippen molar-refractivity contribution in [2.45, 2.75) is 25.1 Å². The number of benzene rings is 1. The Morgan fingerprint density at radius 1 is 1.50 bits per heavy atom. The van der Waals surface area contributed by atoms with E-state index in [1.54, 1.807) is 12.1 Å². The molecule has 2 atom stereocenters. The molecule has 1 heterocycles. The SMILES string of the molecule is OC(CNCC1Cc2cc(Cl)ccc2O1)C(F)F. The van der Waals surface area contributed by atoms with Gasteiger partial charge in [0.15, 0.2) is 0 Å². The van der Waals surface area contributed by atoms with Gasteiger partial charge in [-0.25, -0.2) is 8.78 Å². The molecular formula is C12H14ClF2NO2. The molecule has 1 aliphatic heterocycles. The van der Waals surface area contributed by atoms with Crippen LogP contribution in [0.3, 0.4) is 0 Å². The van der Waals surface area contributed by atoms with Crippen LogP contribution in [0.1, 0.15) is 5.56 Å². The van der Waals surface area contributed by atoms with Gasteiger partial charge in [-0.2, -0.15) is 0 Å². The lowest BCUT2D eigenvalue weighted by atomic mass is 10.1. The Balaban J connectivity index is 1.78. The zero-order valence-electron chi connectivity index (χ0n) is 9.57. The van der Waals surface area contributed by atoms with Crippen molar-refractivity contribution in [2.75, 3.05) is 13.1 Å². The minimum absolute atomic E-state index is 0.108. The molecule has 2 unspecified atom stereocenters. The smallest absolute Gasteiger partial charge is 0.265 e. The summed E-state index contributed by atoms with van der Waals surface area (Å²) < 4.78 is 29.7. The first-order chi connectivity index (χ1) is 8.56. The van der Waals surface area contributed by atoms with E-state index in [0.717, 1.165) is 11.3 Å². The highest BCUT2D eigenvalue weighted by Gasteiger charge is 2.23. The van der Waals surface area contributed by atoms with E-state index in [4.69, 9.17) is 21.4 Å². The van der Waals surface area contributed by atoms with Crippen molar-refractivity contribution in [3.63, 3.8) is 0 Å². The topological polar surface area (TPSA) is 41.5 Å². The molecule has 2 rings (SSSR count). The highest BCUT2D eigenvalue weighted by atomic mass is 35.5. The predicted octanol–water partition coefficient (Wildman–Crippen LogP) is 1.86. The number of hydrogen-bond acceptors (Lipinski definition) is 3. The van der Waals surface area contributed by atoms with Crippen LogP contribution in [0.4, 0.5) is 8.78 Å². The molecule has 1 aromatic rings. The summed E-state index contributed by atoms with van der Waals surface area (Å²) in [7, 11) is 0. The molecule has 0 aromatic heterocycles. The van der Waals surface area contributed by atoms with Gasteiger partial charge in [0.1, 0.15) is 18.0 Å². The van der Waals surface area contributed by atoms with Gasteiger partial charge in [-0.1, -0.05) is 11.6 Å². The van der Waals surface area contributed by atoms with Crippen molar-refractivity contribution in [3.05, 3.63) is 28.8 Å². The van der Waals surface area contributed by atoms with Crippen LogP contribution in [-0.4, -0.2) is 36.8 Å². The Labute approximate surface area is 109 Å². The van der Waals surface area contributed by atoms with Gasteiger partial charge in [0.05, 0.1) is 0 Å². The Kier molecular flexibility index (Phi) is 4.37. The first kappa shape index (κ1) is 13.5. The number of halogens is 3. The van der Waals surface area contributed by atoms with Gasteiger partial charge in [0.25, 0.3) is 6.43 Å². The summed E-state index contributed by atoms with van der Waals surface area (Å²) >= 11 is 5.86. The quantitative estimate of drug-likeness (QED) is 0.863. The Morgan fingerprint density at radius 2 is 2.28 bits per heavy atom. The molecule has 0 fully saturated rings. The van der Waals surface area contributed by atoms with E-state index in [-0.39, 0.29) is 12.6 Å². The second kappa shape index (κ2) is 5.82. The average Bonchev–Trinajstić information content (AvgIpc) is 2.70. The van der Waals surface area contributed by atoms with E-state index in [0.29, 0.717) is 18.0 Å². The molecule has 1 aliphatic rings. The maximum atomic E-state index is 12.1. The van der Waals surface area contributed by atoms with Crippen molar-refractivity contribution >= 4 is 11.6 Å². The van der Waals surface area contributed by atoms with E-state index in [1.165, 1.54) is 0 Å². The first-order valence-corrected chi connectivity index (χ1v) is 6.06. The van der Waals surface area contributed by atoms with Gasteiger partial charge in [-0.15, -0.1) is 0 Å². The Bertz CT molecular complexity index is 417. The van der Waals surface area contributed by atoms with Crippen LogP contribution in [0.5, 0.6) is 5.75 Å². The number of aliphatic hydroxyl groups is 1. The van der Waals surface area contributed by atoms with Gasteiger partial charge in [0.2, 0.25) is 0 Å². The molecule has 0 aliphatic carbocycles. The molecule has 1 aromatic carbocycles. The average molecular weight is 278 g/mol. The maximum Gasteiger partial charge on any atom is 0.265 e. The maximum absolute atomic E-state index is 12.1. The molecule has 2 N–H and O–H groups in total. The summed E-state index contributed by atoms with van der Waals surface area (Å²) in [6, 6.07) is 5.38. The molecular weight excluding hydrogens is 264 g/mol. The predicted molar refractivity (Wildman–Crippen MR) is 64.5 cm³/mol. The van der Waals surface area contributed by atoms with Crippen LogP contribution < -0.4 is 10.1 Å². The van der Waals surface area contributed by atoms with Gasteiger partial charge in [0, 0.05) is 24.5 Å². The van der Waals surface area contributed by atoms with Crippen LogP contribution in [0.25, 0.3) is 0 Å². The van der Waals surface area contributed by atoms with Crippen molar-refractivity contribution in [1.82, 2.24) is 5.32 Å². The van der Waals surface area contributed by atoms with Crippen LogP contribution in [0, 0.1) is 0 Å². The lowest BCUT2D eigenvalue weighted by Gasteiger charge is -2.14. The summed E-state index contributed by atoms with van der Waals surface area (Å²) in [5, 5.41) is 12.4. The first-order valence-electron chi connectivity index (χ1n) is 5.68. The minimum atomic E-state index is -2.72. The van der Waals surface area contributed by atoms with E-state index in [9.17, 15) is 8.78 Å². The molecule has 0 radical (unpaired) electrons. The standard InChI is InChI=1S/C12H14ClF2NO2/c13-8-1-2-11-7(3-8)4-9(18-11)5-16-6-10(17)12(14)15/h1-3,9-10,12,16-17H,4-6H2. The molecule has 0 saturated carbocycles. The fraction of sp³-hybridized carbons (Fsp3) is 0.500. The summed E-state index contributed by atoms with van der Waals surface area (Å²) in [5.41, 5.74) is 1.02. The van der Waals surface area contributed by atoms with Gasteiger partial charge in [-0.05, 0) is 23.8 Å². The second-order valence-corrected chi connectivity index (χ2v) is 4.69. The minimum Gasteiger partial charge on any atom is -0.488 e. The number of rotatable bonds is 5. The molecule has 0 spiro atoms. The third kappa shape index (κ3) is 3.31. The largest absolute Gasteiger partial charge is 0.488 e. The van der Waals surface area contributed by atoms with E-state index >= 15 is 0 Å². The summed E-state index contributed by atoms with van der Waals surface area (Å²) in [5.74, 6) is 0.778. The summed E-state index contributed by atoms with van der Waals surface area (Å²) in [6.45, 7) is 0.269. The van der Waals surface area contributed by atoms with Crippen LogP contribution >= 0.6 is 11.6 Å². The van der Waals surface area contributed by atoms with Crippen LogP contribution in [0.2, 0.25) is 5.02 Å². The number of hydrogen-bond donors (Lipinski definition) is 2. The Hall–Kier alpha value is -0.910. The van der Waals surface area contributed by atoms with Crippen molar-refractivity contribution in [2.24, 2.45) is 0 Å². The highest BCUT2D eigenvalue weighted by molar-refractivity contribution is 6.30. The third-order valence-electron chi connectivity index (χ3n) is 2.78. The van der Waals surface area contributed by atoms with Crippen molar-refractivity contribution in [3.8, 4) is 5.75 Å². The highest BCUT2D eigenvalue weighted by Crippen LogP contribution is 2.30. The number of alkyl halides is 2. The van der Waals surface area contributed by atoms with Crippen molar-refractivity contribution < 1.29 is 18.6 Å². The zero-order valence-corrected chi connectivity index (χ0v) is 10.3.